The monoisotopic (exact) mass is 553 g/mol. The average Bonchev–Trinajstić information content (AvgIpc) is 3.25. The second-order valence-electron chi connectivity index (χ2n) is 9.45. The molecule has 0 spiro atoms. The number of rotatable bonds is 6. The van der Waals surface area contributed by atoms with Crippen LogP contribution >= 0.6 is 11.8 Å². The molecule has 1 aromatic carbocycles. The molecule has 5 rings (SSSR count). The second-order valence-corrected chi connectivity index (χ2v) is 14.8. The summed E-state index contributed by atoms with van der Waals surface area (Å²) in [5, 5.41) is 0.307. The number of anilines is 1. The van der Waals surface area contributed by atoms with Crippen molar-refractivity contribution in [2.24, 2.45) is 0 Å². The Balaban J connectivity index is 1.38. The van der Waals surface area contributed by atoms with Crippen LogP contribution in [0.5, 0.6) is 0 Å². The Kier molecular flexibility index (Phi) is 7.31. The van der Waals surface area contributed by atoms with Gasteiger partial charge in [0.25, 0.3) is 0 Å². The summed E-state index contributed by atoms with van der Waals surface area (Å²) in [4.78, 5) is 15.8. The number of nitrogens with zero attached hydrogens (tertiary/aromatic N) is 5. The molecular weight excluding hydrogens is 522 g/mol. The van der Waals surface area contributed by atoms with Gasteiger partial charge >= 0.3 is 0 Å². The Hall–Kier alpha value is -1.77. The lowest BCUT2D eigenvalue weighted by atomic mass is 10.1. The van der Waals surface area contributed by atoms with Crippen LogP contribution in [-0.2, 0) is 31.0 Å². The summed E-state index contributed by atoms with van der Waals surface area (Å²) in [5.41, 5.74) is 1.79. The molecule has 2 aromatic rings. The first-order valence-corrected chi connectivity index (χ1v) is 16.6. The van der Waals surface area contributed by atoms with Crippen LogP contribution < -0.4 is 4.90 Å². The number of fused-ring (bicyclic) bond motifs is 1. The number of hydrogen-bond acceptors (Lipinski definition) is 10. The summed E-state index contributed by atoms with van der Waals surface area (Å²) in [6.07, 6.45) is 3.27. The van der Waals surface area contributed by atoms with E-state index in [1.165, 1.54) is 12.5 Å². The molecule has 0 radical (unpaired) electrons. The zero-order valence-electron chi connectivity index (χ0n) is 20.5. The normalized spacial score (nSPS) is 22.1. The minimum absolute atomic E-state index is 0.271. The molecule has 1 atom stereocenters. The first kappa shape index (κ1) is 25.9. The quantitative estimate of drug-likeness (QED) is 0.513. The second kappa shape index (κ2) is 10.2. The molecule has 4 heterocycles. The Morgan fingerprint density at radius 1 is 0.944 bits per heavy atom. The maximum Gasteiger partial charge on any atom is 0.211 e. The third-order valence-electron chi connectivity index (χ3n) is 6.74. The van der Waals surface area contributed by atoms with E-state index in [9.17, 15) is 16.8 Å². The molecule has 1 aromatic heterocycles. The standard InChI is InChI=1S/C23H31N5O5S3/c1-35(29,30)19-5-3-17(4-6-19)22-24-20-15-18(16-26-7-9-28(10-8-26)36(2,31)32)34-21(20)23(25-22)27-11-13-33-14-12-27/h3-6,18H,7-16H2,1-2H3. The fraction of sp³-hybridized carbons (Fsp3) is 0.565. The van der Waals surface area contributed by atoms with E-state index in [0.29, 0.717) is 37.4 Å². The van der Waals surface area contributed by atoms with Gasteiger partial charge in [0.15, 0.2) is 15.7 Å². The van der Waals surface area contributed by atoms with Crippen LogP contribution in [0.2, 0.25) is 0 Å². The number of benzene rings is 1. The zero-order chi connectivity index (χ0) is 25.5. The Morgan fingerprint density at radius 3 is 2.22 bits per heavy atom. The van der Waals surface area contributed by atoms with Gasteiger partial charge in [-0.05, 0) is 24.3 Å². The van der Waals surface area contributed by atoms with Crippen LogP contribution in [-0.4, -0.2) is 113 Å². The summed E-state index contributed by atoms with van der Waals surface area (Å²) in [6, 6.07) is 6.73. The minimum Gasteiger partial charge on any atom is -0.378 e. The third-order valence-corrected chi connectivity index (χ3v) is 10.5. The lowest BCUT2D eigenvalue weighted by Gasteiger charge is -2.34. The Bertz CT molecular complexity index is 1320. The van der Waals surface area contributed by atoms with Crippen LogP contribution in [0.1, 0.15) is 5.69 Å². The summed E-state index contributed by atoms with van der Waals surface area (Å²) < 4.78 is 54.5. The van der Waals surface area contributed by atoms with Crippen LogP contribution in [0.25, 0.3) is 11.4 Å². The van der Waals surface area contributed by atoms with Gasteiger partial charge in [0, 0.05) is 69.3 Å². The molecule has 0 aliphatic carbocycles. The number of hydrogen-bond donors (Lipinski definition) is 0. The van der Waals surface area contributed by atoms with E-state index in [1.807, 2.05) is 0 Å². The van der Waals surface area contributed by atoms with Gasteiger partial charge in [-0.25, -0.2) is 26.8 Å². The fourth-order valence-electron chi connectivity index (χ4n) is 4.77. The number of thioether (sulfide) groups is 1. The molecule has 1 unspecified atom stereocenters. The molecule has 0 amide bonds. The number of aromatic nitrogens is 2. The summed E-state index contributed by atoms with van der Waals surface area (Å²) in [5.74, 6) is 1.51. The lowest BCUT2D eigenvalue weighted by Crippen LogP contribution is -2.49. The smallest absolute Gasteiger partial charge is 0.211 e. The maximum absolute atomic E-state index is 11.9. The predicted molar refractivity (Wildman–Crippen MR) is 140 cm³/mol. The van der Waals surface area contributed by atoms with Crippen molar-refractivity contribution in [3.05, 3.63) is 30.0 Å². The molecule has 3 aliphatic rings. The lowest BCUT2D eigenvalue weighted by molar-refractivity contribution is 0.122. The van der Waals surface area contributed by atoms with Crippen molar-refractivity contribution >= 4 is 37.4 Å². The van der Waals surface area contributed by atoms with Crippen molar-refractivity contribution in [1.29, 1.82) is 0 Å². The van der Waals surface area contributed by atoms with Gasteiger partial charge in [0.1, 0.15) is 5.82 Å². The van der Waals surface area contributed by atoms with E-state index in [-0.39, 0.29) is 4.90 Å². The summed E-state index contributed by atoms with van der Waals surface area (Å²) >= 11 is 1.81. The summed E-state index contributed by atoms with van der Waals surface area (Å²) in [7, 11) is -6.42. The highest BCUT2D eigenvalue weighted by Crippen LogP contribution is 2.43. The van der Waals surface area contributed by atoms with Gasteiger partial charge < -0.3 is 9.64 Å². The first-order chi connectivity index (χ1) is 17.1. The zero-order valence-corrected chi connectivity index (χ0v) is 22.9. The average molecular weight is 554 g/mol. The van der Waals surface area contributed by atoms with E-state index < -0.39 is 19.9 Å². The highest BCUT2D eigenvalue weighted by Gasteiger charge is 2.33. The van der Waals surface area contributed by atoms with Gasteiger partial charge in [0.2, 0.25) is 10.0 Å². The van der Waals surface area contributed by atoms with E-state index in [0.717, 1.165) is 61.1 Å². The topological polar surface area (TPSA) is 113 Å². The van der Waals surface area contributed by atoms with E-state index in [1.54, 1.807) is 40.3 Å². The van der Waals surface area contributed by atoms with Crippen molar-refractivity contribution in [3.63, 3.8) is 0 Å². The number of morpholine rings is 1. The maximum atomic E-state index is 11.9. The van der Waals surface area contributed by atoms with Gasteiger partial charge in [0.05, 0.1) is 35.0 Å². The van der Waals surface area contributed by atoms with E-state index >= 15 is 0 Å². The van der Waals surface area contributed by atoms with E-state index in [2.05, 4.69) is 9.80 Å². The van der Waals surface area contributed by atoms with Gasteiger partial charge in [-0.15, -0.1) is 11.8 Å². The molecule has 3 aliphatic heterocycles. The van der Waals surface area contributed by atoms with Crippen molar-refractivity contribution < 1.29 is 21.6 Å². The van der Waals surface area contributed by atoms with Crippen molar-refractivity contribution in [3.8, 4) is 11.4 Å². The molecule has 36 heavy (non-hydrogen) atoms. The highest BCUT2D eigenvalue weighted by atomic mass is 32.2. The van der Waals surface area contributed by atoms with Crippen LogP contribution in [0.3, 0.4) is 0 Å². The number of sulfone groups is 1. The number of piperazine rings is 1. The molecule has 0 bridgehead atoms. The van der Waals surface area contributed by atoms with Crippen LogP contribution in [0.15, 0.2) is 34.1 Å². The third kappa shape index (κ3) is 5.70. The summed E-state index contributed by atoms with van der Waals surface area (Å²) in [6.45, 7) is 6.17. The minimum atomic E-state index is -3.28. The SMILES string of the molecule is CS(=O)(=O)c1ccc(-c2nc3c(c(N4CCOCC4)n2)SC(CN2CCN(S(C)(=O)=O)CC2)C3)cc1. The van der Waals surface area contributed by atoms with Crippen molar-refractivity contribution in [1.82, 2.24) is 19.2 Å². The number of sulfonamides is 1. The molecule has 10 nitrogen and oxygen atoms in total. The van der Waals surface area contributed by atoms with Crippen LogP contribution in [0.4, 0.5) is 5.82 Å². The van der Waals surface area contributed by atoms with Crippen molar-refractivity contribution in [2.45, 2.75) is 21.5 Å². The Labute approximate surface area is 217 Å². The fourth-order valence-corrected chi connectivity index (χ4v) is 7.63. The molecule has 13 heteroatoms. The predicted octanol–water partition coefficient (Wildman–Crippen LogP) is 0.978. The van der Waals surface area contributed by atoms with Gasteiger partial charge in [-0.2, -0.15) is 4.31 Å². The molecule has 2 fully saturated rings. The molecule has 0 N–H and O–H groups in total. The Morgan fingerprint density at radius 2 is 1.61 bits per heavy atom. The highest BCUT2D eigenvalue weighted by molar-refractivity contribution is 8.00. The van der Waals surface area contributed by atoms with Crippen LogP contribution in [0, 0.1) is 0 Å². The first-order valence-electron chi connectivity index (χ1n) is 12.0. The largest absolute Gasteiger partial charge is 0.378 e. The van der Waals surface area contributed by atoms with E-state index in [4.69, 9.17) is 14.7 Å². The number of ether oxygens (including phenoxy) is 1. The molecule has 196 valence electrons. The van der Waals surface area contributed by atoms with Gasteiger partial charge in [-0.3, -0.25) is 4.90 Å². The molecule has 2 saturated heterocycles. The van der Waals surface area contributed by atoms with Crippen molar-refractivity contribution in [2.75, 3.05) is 76.4 Å². The molecule has 0 saturated carbocycles. The molecular formula is C23H31N5O5S3. The van der Waals surface area contributed by atoms with Gasteiger partial charge in [-0.1, -0.05) is 0 Å².